The zero-order valence-corrected chi connectivity index (χ0v) is 12.3. The van der Waals surface area contributed by atoms with E-state index in [1.807, 2.05) is 31.2 Å². The maximum absolute atomic E-state index is 12.7. The van der Waals surface area contributed by atoms with Crippen LogP contribution in [0, 0.1) is 0 Å². The molecule has 22 heavy (non-hydrogen) atoms. The van der Waals surface area contributed by atoms with E-state index < -0.39 is 11.7 Å². The van der Waals surface area contributed by atoms with E-state index in [2.05, 4.69) is 5.32 Å². The van der Waals surface area contributed by atoms with Crippen LogP contribution in [-0.2, 0) is 19.3 Å². The molecule has 0 saturated carbocycles. The molecule has 0 aromatic heterocycles. The molecule has 5 heteroatoms. The Kier molecular flexibility index (Phi) is 5.44. The summed E-state index contributed by atoms with van der Waals surface area (Å²) in [4.78, 5) is 0. The number of ether oxygens (including phenoxy) is 1. The highest BCUT2D eigenvalue weighted by Gasteiger charge is 2.30. The molecule has 0 fully saturated rings. The van der Waals surface area contributed by atoms with Crippen LogP contribution in [0.15, 0.2) is 48.5 Å². The Morgan fingerprint density at radius 1 is 1.00 bits per heavy atom. The average Bonchev–Trinajstić information content (AvgIpc) is 2.49. The van der Waals surface area contributed by atoms with Gasteiger partial charge in [0.15, 0.2) is 0 Å². The number of para-hydroxylation sites is 1. The molecule has 0 unspecified atom stereocenters. The Morgan fingerprint density at radius 2 is 1.77 bits per heavy atom. The van der Waals surface area contributed by atoms with Crippen LogP contribution in [0.2, 0.25) is 0 Å². The van der Waals surface area contributed by atoms with E-state index in [1.165, 1.54) is 12.1 Å². The summed E-state index contributed by atoms with van der Waals surface area (Å²) >= 11 is 0. The van der Waals surface area contributed by atoms with Crippen molar-refractivity contribution in [2.75, 3.05) is 6.61 Å². The molecule has 0 spiro atoms. The summed E-state index contributed by atoms with van der Waals surface area (Å²) in [5, 5.41) is 3.15. The Balaban J connectivity index is 1.97. The van der Waals surface area contributed by atoms with Gasteiger partial charge in [-0.2, -0.15) is 13.2 Å². The van der Waals surface area contributed by atoms with Gasteiger partial charge in [-0.05, 0) is 24.6 Å². The lowest BCUT2D eigenvalue weighted by Gasteiger charge is -2.12. The van der Waals surface area contributed by atoms with Crippen molar-refractivity contribution in [1.29, 1.82) is 0 Å². The number of hydrogen-bond donors (Lipinski definition) is 1. The SMILES string of the molecule is CCOc1ccccc1CNCc1cccc(C(F)(F)F)c1. The third-order valence-corrected chi connectivity index (χ3v) is 3.17. The van der Waals surface area contributed by atoms with Gasteiger partial charge in [-0.1, -0.05) is 36.4 Å². The Morgan fingerprint density at radius 3 is 2.50 bits per heavy atom. The van der Waals surface area contributed by atoms with Gasteiger partial charge in [0.25, 0.3) is 0 Å². The van der Waals surface area contributed by atoms with Gasteiger partial charge in [0.1, 0.15) is 5.75 Å². The zero-order valence-electron chi connectivity index (χ0n) is 12.3. The standard InChI is InChI=1S/C17H18F3NO/c1-2-22-16-9-4-3-7-14(16)12-21-11-13-6-5-8-15(10-13)17(18,19)20/h3-10,21H,2,11-12H2,1H3. The predicted molar refractivity (Wildman–Crippen MR) is 79.6 cm³/mol. The maximum Gasteiger partial charge on any atom is 0.416 e. The number of hydrogen-bond acceptors (Lipinski definition) is 2. The smallest absolute Gasteiger partial charge is 0.416 e. The van der Waals surface area contributed by atoms with Gasteiger partial charge < -0.3 is 10.1 Å². The van der Waals surface area contributed by atoms with E-state index in [0.29, 0.717) is 25.3 Å². The largest absolute Gasteiger partial charge is 0.494 e. The number of alkyl halides is 3. The van der Waals surface area contributed by atoms with Crippen molar-refractivity contribution in [2.45, 2.75) is 26.2 Å². The van der Waals surface area contributed by atoms with Crippen LogP contribution < -0.4 is 10.1 Å². The number of halogens is 3. The first-order valence-corrected chi connectivity index (χ1v) is 7.08. The lowest BCUT2D eigenvalue weighted by molar-refractivity contribution is -0.137. The van der Waals surface area contributed by atoms with Gasteiger partial charge in [-0.15, -0.1) is 0 Å². The van der Waals surface area contributed by atoms with Crippen molar-refractivity contribution < 1.29 is 17.9 Å². The van der Waals surface area contributed by atoms with E-state index in [4.69, 9.17) is 4.74 Å². The molecule has 2 nitrogen and oxygen atoms in total. The van der Waals surface area contributed by atoms with Crippen LogP contribution in [-0.4, -0.2) is 6.61 Å². The monoisotopic (exact) mass is 309 g/mol. The molecule has 0 aliphatic carbocycles. The highest BCUT2D eigenvalue weighted by Crippen LogP contribution is 2.29. The van der Waals surface area contributed by atoms with Crippen LogP contribution in [0.5, 0.6) is 5.75 Å². The minimum Gasteiger partial charge on any atom is -0.494 e. The molecular formula is C17H18F3NO. The van der Waals surface area contributed by atoms with Gasteiger partial charge >= 0.3 is 6.18 Å². The summed E-state index contributed by atoms with van der Waals surface area (Å²) in [6.07, 6.45) is -4.31. The third-order valence-electron chi connectivity index (χ3n) is 3.17. The highest BCUT2D eigenvalue weighted by molar-refractivity contribution is 5.33. The fourth-order valence-electron chi connectivity index (χ4n) is 2.15. The number of rotatable bonds is 6. The van der Waals surface area contributed by atoms with Crippen molar-refractivity contribution in [3.8, 4) is 5.75 Å². The molecule has 0 atom stereocenters. The quantitative estimate of drug-likeness (QED) is 0.854. The van der Waals surface area contributed by atoms with Gasteiger partial charge in [-0.25, -0.2) is 0 Å². The summed E-state index contributed by atoms with van der Waals surface area (Å²) in [5.41, 5.74) is 0.960. The van der Waals surface area contributed by atoms with Crippen LogP contribution in [0.3, 0.4) is 0 Å². The van der Waals surface area contributed by atoms with Crippen LogP contribution >= 0.6 is 0 Å². The first kappa shape index (κ1) is 16.4. The second-order valence-electron chi connectivity index (χ2n) is 4.84. The first-order chi connectivity index (χ1) is 10.5. The van der Waals surface area contributed by atoms with Crippen molar-refractivity contribution in [3.05, 3.63) is 65.2 Å². The van der Waals surface area contributed by atoms with Gasteiger partial charge in [0.2, 0.25) is 0 Å². The van der Waals surface area contributed by atoms with E-state index in [0.717, 1.165) is 17.4 Å². The van der Waals surface area contributed by atoms with E-state index in [-0.39, 0.29) is 0 Å². The third kappa shape index (κ3) is 4.49. The van der Waals surface area contributed by atoms with E-state index >= 15 is 0 Å². The van der Waals surface area contributed by atoms with Crippen LogP contribution in [0.25, 0.3) is 0 Å². The molecule has 0 amide bonds. The van der Waals surface area contributed by atoms with E-state index in [9.17, 15) is 13.2 Å². The van der Waals surface area contributed by atoms with Crippen LogP contribution in [0.1, 0.15) is 23.6 Å². The average molecular weight is 309 g/mol. The molecule has 2 aromatic rings. The van der Waals surface area contributed by atoms with Crippen molar-refractivity contribution in [1.82, 2.24) is 5.32 Å². The number of nitrogens with one attached hydrogen (secondary N) is 1. The molecular weight excluding hydrogens is 291 g/mol. The molecule has 0 saturated heterocycles. The Labute approximate surface area is 127 Å². The zero-order chi connectivity index (χ0) is 16.0. The molecule has 0 aliphatic rings. The molecule has 2 aromatic carbocycles. The van der Waals surface area contributed by atoms with Gasteiger partial charge in [-0.3, -0.25) is 0 Å². The van der Waals surface area contributed by atoms with Crippen LogP contribution in [0.4, 0.5) is 13.2 Å². The first-order valence-electron chi connectivity index (χ1n) is 7.08. The lowest BCUT2D eigenvalue weighted by Crippen LogP contribution is -2.14. The summed E-state index contributed by atoms with van der Waals surface area (Å²) in [7, 11) is 0. The minimum atomic E-state index is -4.31. The summed E-state index contributed by atoms with van der Waals surface area (Å²) in [6.45, 7) is 3.38. The normalized spacial score (nSPS) is 11.5. The highest BCUT2D eigenvalue weighted by atomic mass is 19.4. The van der Waals surface area contributed by atoms with Crippen molar-refractivity contribution >= 4 is 0 Å². The fraction of sp³-hybridized carbons (Fsp3) is 0.294. The fourth-order valence-corrected chi connectivity index (χ4v) is 2.15. The van der Waals surface area contributed by atoms with Gasteiger partial charge in [0.05, 0.1) is 12.2 Å². The topological polar surface area (TPSA) is 21.3 Å². The van der Waals surface area contributed by atoms with Crippen molar-refractivity contribution in [3.63, 3.8) is 0 Å². The Bertz CT molecular complexity index is 611. The van der Waals surface area contributed by atoms with Crippen molar-refractivity contribution in [2.24, 2.45) is 0 Å². The molecule has 0 radical (unpaired) electrons. The molecule has 0 heterocycles. The number of benzene rings is 2. The predicted octanol–water partition coefficient (Wildman–Crippen LogP) is 4.39. The Hall–Kier alpha value is -2.01. The maximum atomic E-state index is 12.7. The lowest BCUT2D eigenvalue weighted by atomic mass is 10.1. The minimum absolute atomic E-state index is 0.365. The second-order valence-corrected chi connectivity index (χ2v) is 4.84. The van der Waals surface area contributed by atoms with Gasteiger partial charge in [0, 0.05) is 18.7 Å². The molecule has 1 N–H and O–H groups in total. The second kappa shape index (κ2) is 7.31. The summed E-state index contributed by atoms with van der Waals surface area (Å²) in [6, 6.07) is 13.0. The molecule has 0 bridgehead atoms. The summed E-state index contributed by atoms with van der Waals surface area (Å²) < 4.78 is 43.5. The molecule has 0 aliphatic heterocycles. The molecule has 2 rings (SSSR count). The van der Waals surface area contributed by atoms with E-state index in [1.54, 1.807) is 6.07 Å². The summed E-state index contributed by atoms with van der Waals surface area (Å²) in [5.74, 6) is 0.793. The molecule has 118 valence electrons.